The van der Waals surface area contributed by atoms with E-state index in [9.17, 15) is 37.6 Å². The molecule has 0 bridgehead atoms. The van der Waals surface area contributed by atoms with Gasteiger partial charge >= 0.3 is 6.18 Å². The minimum absolute atomic E-state index is 0.0109. The summed E-state index contributed by atoms with van der Waals surface area (Å²) in [6.45, 7) is 13.0. The number of carbonyl (C=O) groups excluding carboxylic acids is 4. The lowest BCUT2D eigenvalue weighted by atomic mass is 9.98. The normalized spacial score (nSPS) is 21.4. The fourth-order valence-electron chi connectivity index (χ4n) is 7.79. The van der Waals surface area contributed by atoms with Crippen LogP contribution >= 0.6 is 12.6 Å². The minimum Gasteiger partial charge on any atom is -0.492 e. The number of piperazine rings is 1. The first-order valence-corrected chi connectivity index (χ1v) is 20.0. The molecule has 13 nitrogen and oxygen atoms in total. The molecule has 3 fully saturated rings. The third kappa shape index (κ3) is 9.61. The summed E-state index contributed by atoms with van der Waals surface area (Å²) in [5.74, 6) is -0.529. The number of alkyl halides is 3. The summed E-state index contributed by atoms with van der Waals surface area (Å²) in [7, 11) is 0. The molecule has 0 aromatic heterocycles. The Morgan fingerprint density at radius 3 is 2.46 bits per heavy atom. The number of hydrogen-bond donors (Lipinski definition) is 4. The predicted molar refractivity (Wildman–Crippen MR) is 221 cm³/mol. The quantitative estimate of drug-likeness (QED) is 0.131. The summed E-state index contributed by atoms with van der Waals surface area (Å²) in [5.41, 5.74) is -0.964. The van der Waals surface area contributed by atoms with Crippen LogP contribution in [0.25, 0.3) is 0 Å². The number of nitriles is 1. The number of amides is 4. The Balaban J connectivity index is 1.03. The maximum atomic E-state index is 13.8. The highest BCUT2D eigenvalue weighted by molar-refractivity contribution is 7.81. The molecule has 3 aliphatic rings. The first kappa shape index (κ1) is 43.3. The largest absolute Gasteiger partial charge is 0.492 e. The molecule has 3 aromatic carbocycles. The maximum absolute atomic E-state index is 13.8. The van der Waals surface area contributed by atoms with Gasteiger partial charge in [0.1, 0.15) is 23.9 Å². The van der Waals surface area contributed by atoms with Gasteiger partial charge < -0.3 is 20.3 Å². The number of nitrogens with one attached hydrogen (secondary N) is 3. The first-order chi connectivity index (χ1) is 27.9. The number of piperidine rings is 1. The summed E-state index contributed by atoms with van der Waals surface area (Å²) in [5, 5.41) is 17.7. The average molecular weight is 835 g/mol. The lowest BCUT2D eigenvalue weighted by Gasteiger charge is -2.39. The summed E-state index contributed by atoms with van der Waals surface area (Å²) in [6, 6.07) is 17.1. The Morgan fingerprint density at radius 1 is 1.05 bits per heavy atom. The minimum atomic E-state index is -4.78. The third-order valence-corrected chi connectivity index (χ3v) is 11.5. The molecule has 0 saturated carbocycles. The van der Waals surface area contributed by atoms with E-state index < -0.39 is 40.3 Å². The number of nitrogens with zero attached hydrogens (tertiary/aromatic N) is 5. The highest BCUT2D eigenvalue weighted by atomic mass is 32.1. The molecule has 3 aliphatic heterocycles. The Bertz CT molecular complexity index is 2140. The number of benzene rings is 3. The van der Waals surface area contributed by atoms with Crippen molar-refractivity contribution < 1.29 is 37.1 Å². The molecule has 1 unspecified atom stereocenters. The number of carbonyl (C=O) groups is 4. The molecule has 314 valence electrons. The van der Waals surface area contributed by atoms with Gasteiger partial charge in [-0.05, 0) is 93.3 Å². The van der Waals surface area contributed by atoms with Gasteiger partial charge in [0, 0.05) is 61.4 Å². The molecule has 0 spiro atoms. The standard InChI is InChI=1S/C42H49F3N8O5S/c1-25(2)32-20-31(53-40(59)52(39(57)41(53,4)5)30-10-9-27(22-46)33(21-30)42(43,44)45)11-13-35(32)58-18-17-50-15-16-51(26(3)23-50)24-37(55)48-29-8-6-7-28(19-29)47-34-12-14-36(54)49-38(34)56/h6-11,13,19-21,25-26,34,40,47,59H,12,14-18,23-24H2,1-5H3,(H,48,55)(H,49,54,56)/t26-,34?,40+/m1/s1. The van der Waals surface area contributed by atoms with Gasteiger partial charge in [0.15, 0.2) is 5.50 Å². The lowest BCUT2D eigenvalue weighted by molar-refractivity contribution is -0.138. The van der Waals surface area contributed by atoms with Gasteiger partial charge in [0.2, 0.25) is 17.7 Å². The second-order valence-corrected chi connectivity index (χ2v) is 16.4. The van der Waals surface area contributed by atoms with Gasteiger partial charge in [-0.15, -0.1) is 12.6 Å². The predicted octanol–water partition coefficient (Wildman–Crippen LogP) is 5.79. The number of rotatable bonds is 12. The summed E-state index contributed by atoms with van der Waals surface area (Å²) < 4.78 is 47.8. The number of halogens is 3. The van der Waals surface area contributed by atoms with Gasteiger partial charge in [0.05, 0.1) is 23.7 Å². The third-order valence-electron chi connectivity index (χ3n) is 11.0. The van der Waals surface area contributed by atoms with Crippen LogP contribution in [0.4, 0.5) is 35.9 Å². The van der Waals surface area contributed by atoms with E-state index in [4.69, 9.17) is 17.4 Å². The zero-order valence-corrected chi connectivity index (χ0v) is 34.5. The summed E-state index contributed by atoms with van der Waals surface area (Å²) >= 11 is 4.74. The molecule has 3 atom stereocenters. The number of ether oxygens (including phenoxy) is 1. The van der Waals surface area contributed by atoms with E-state index in [1.807, 2.05) is 32.0 Å². The van der Waals surface area contributed by atoms with Crippen LogP contribution in [0.15, 0.2) is 60.7 Å². The van der Waals surface area contributed by atoms with Crippen LogP contribution in [0.1, 0.15) is 70.1 Å². The lowest BCUT2D eigenvalue weighted by Crippen LogP contribution is -2.54. The molecule has 3 heterocycles. The fraction of sp³-hybridized carbons (Fsp3) is 0.452. The zero-order valence-electron chi connectivity index (χ0n) is 33.6. The molecule has 3 aromatic rings. The van der Waals surface area contributed by atoms with E-state index >= 15 is 0 Å². The van der Waals surface area contributed by atoms with E-state index in [-0.39, 0.29) is 48.3 Å². The van der Waals surface area contributed by atoms with Gasteiger partial charge in [0.25, 0.3) is 5.91 Å². The Kier molecular flexibility index (Phi) is 12.8. The van der Waals surface area contributed by atoms with Crippen LogP contribution in [0, 0.1) is 11.3 Å². The van der Waals surface area contributed by atoms with Crippen LogP contribution < -0.4 is 30.5 Å². The van der Waals surface area contributed by atoms with Crippen LogP contribution in [0.3, 0.4) is 0 Å². The molecule has 3 N–H and O–H groups in total. The van der Waals surface area contributed by atoms with Gasteiger partial charge in [-0.25, -0.2) is 0 Å². The number of hydrogen-bond acceptors (Lipinski definition) is 11. The summed E-state index contributed by atoms with van der Waals surface area (Å²) in [4.78, 5) is 57.9. The monoisotopic (exact) mass is 834 g/mol. The number of anilines is 4. The van der Waals surface area contributed by atoms with E-state index in [0.717, 1.165) is 30.8 Å². The number of thiol groups is 1. The van der Waals surface area contributed by atoms with Crippen LogP contribution in [-0.2, 0) is 25.4 Å². The molecule has 59 heavy (non-hydrogen) atoms. The SMILES string of the molecule is CC(C)c1cc(N2[C@@H](S)N(c3ccc(C#N)c(C(F)(F)F)c3)C(=O)C2(C)C)ccc1OCCN1CCN(CC(=O)Nc2cccc(NC3CCC(=O)NC3=O)c2)[C@H](C)C1. The van der Waals surface area contributed by atoms with E-state index in [2.05, 4.69) is 32.7 Å². The maximum Gasteiger partial charge on any atom is 0.417 e. The van der Waals surface area contributed by atoms with Crippen molar-refractivity contribution in [3.63, 3.8) is 0 Å². The van der Waals surface area contributed by atoms with Crippen LogP contribution in [0.5, 0.6) is 5.75 Å². The molecule has 0 aliphatic carbocycles. The van der Waals surface area contributed by atoms with Crippen molar-refractivity contribution in [2.75, 3.05) is 59.8 Å². The van der Waals surface area contributed by atoms with Crippen LogP contribution in [0.2, 0.25) is 0 Å². The molecular formula is C42H49F3N8O5S. The number of imide groups is 1. The van der Waals surface area contributed by atoms with Crippen LogP contribution in [-0.4, -0.2) is 95.9 Å². The molecule has 0 radical (unpaired) electrons. The smallest absolute Gasteiger partial charge is 0.417 e. The zero-order chi connectivity index (χ0) is 42.8. The Hall–Kier alpha value is -5.31. The molecule has 4 amide bonds. The molecule has 17 heteroatoms. The highest BCUT2D eigenvalue weighted by Crippen LogP contribution is 2.44. The van der Waals surface area contributed by atoms with Crippen molar-refractivity contribution in [1.82, 2.24) is 15.1 Å². The highest BCUT2D eigenvalue weighted by Gasteiger charge is 2.52. The first-order valence-electron chi connectivity index (χ1n) is 19.5. The summed E-state index contributed by atoms with van der Waals surface area (Å²) in [6.07, 6.45) is -4.12. The Labute approximate surface area is 347 Å². The van der Waals surface area contributed by atoms with Crippen molar-refractivity contribution in [2.24, 2.45) is 0 Å². The van der Waals surface area contributed by atoms with Gasteiger partial charge in [-0.3, -0.25) is 39.2 Å². The van der Waals surface area contributed by atoms with Gasteiger partial charge in [-0.2, -0.15) is 18.4 Å². The second kappa shape index (κ2) is 17.5. The van der Waals surface area contributed by atoms with Crippen molar-refractivity contribution >= 4 is 59.0 Å². The molecule has 6 rings (SSSR count). The van der Waals surface area contributed by atoms with Crippen molar-refractivity contribution in [3.05, 3.63) is 77.4 Å². The average Bonchev–Trinajstić information content (AvgIpc) is 3.35. The van der Waals surface area contributed by atoms with Gasteiger partial charge in [-0.1, -0.05) is 19.9 Å². The molecule has 3 saturated heterocycles. The van der Waals surface area contributed by atoms with E-state index in [0.29, 0.717) is 48.9 Å². The van der Waals surface area contributed by atoms with Crippen molar-refractivity contribution in [2.45, 2.75) is 82.7 Å². The Morgan fingerprint density at radius 2 is 1.78 bits per heavy atom. The molecular weight excluding hydrogens is 786 g/mol. The van der Waals surface area contributed by atoms with E-state index in [1.165, 1.54) is 11.0 Å². The van der Waals surface area contributed by atoms with E-state index in [1.54, 1.807) is 49.1 Å². The van der Waals surface area contributed by atoms with Crippen molar-refractivity contribution in [3.8, 4) is 11.8 Å². The topological polar surface area (TPSA) is 150 Å². The van der Waals surface area contributed by atoms with Crippen molar-refractivity contribution in [1.29, 1.82) is 5.26 Å². The second-order valence-electron chi connectivity index (χ2n) is 15.9. The fourth-order valence-corrected chi connectivity index (χ4v) is 8.45.